The number of benzene rings is 1. The average Bonchev–Trinajstić information content (AvgIpc) is 3.26. The number of halogens is 2. The largest absolute Gasteiger partial charge is 0.494 e. The van der Waals surface area contributed by atoms with Gasteiger partial charge in [-0.1, -0.05) is 6.07 Å². The Morgan fingerprint density at radius 3 is 2.47 bits per heavy atom. The zero-order valence-corrected chi connectivity index (χ0v) is 19.0. The van der Waals surface area contributed by atoms with Crippen LogP contribution in [0.15, 0.2) is 18.2 Å². The van der Waals surface area contributed by atoms with Crippen LogP contribution in [-0.4, -0.2) is 64.0 Å². The number of fused-ring (bicyclic) bond motifs is 1. The van der Waals surface area contributed by atoms with Gasteiger partial charge in [-0.15, -0.1) is 0 Å². The molecular weight excluding hydrogens is 446 g/mol. The number of methoxy groups -OCH3 is 1. The van der Waals surface area contributed by atoms with Crippen LogP contribution in [-0.2, 0) is 10.3 Å². The molecule has 1 aliphatic carbocycles. The van der Waals surface area contributed by atoms with E-state index in [1.54, 1.807) is 18.2 Å². The molecule has 0 radical (unpaired) electrons. The number of hydrogen-bond donors (Lipinski definition) is 2. The third-order valence-electron chi connectivity index (χ3n) is 6.56. The van der Waals surface area contributed by atoms with Crippen LogP contribution in [0.1, 0.15) is 43.8 Å². The van der Waals surface area contributed by atoms with E-state index in [1.165, 1.54) is 11.7 Å². The zero-order valence-electron chi connectivity index (χ0n) is 19.0. The molecule has 0 bridgehead atoms. The lowest BCUT2D eigenvalue weighted by molar-refractivity contribution is 0.122. The van der Waals surface area contributed by atoms with Crippen molar-refractivity contribution in [3.8, 4) is 11.7 Å². The molecule has 182 valence electrons. The lowest BCUT2D eigenvalue weighted by Gasteiger charge is -2.35. The van der Waals surface area contributed by atoms with Crippen molar-refractivity contribution in [3.63, 3.8) is 0 Å². The van der Waals surface area contributed by atoms with Gasteiger partial charge >= 0.3 is 0 Å². The lowest BCUT2D eigenvalue weighted by atomic mass is 9.80. The summed E-state index contributed by atoms with van der Waals surface area (Å²) < 4.78 is 40.4. The van der Waals surface area contributed by atoms with Gasteiger partial charge in [0.25, 0.3) is 6.43 Å². The normalized spacial score (nSPS) is 23.6. The number of rotatable bonds is 5. The highest BCUT2D eigenvalue weighted by Gasteiger charge is 2.37. The first-order valence-corrected chi connectivity index (χ1v) is 11.4. The first kappa shape index (κ1) is 22.8. The molecule has 0 amide bonds. The molecule has 34 heavy (non-hydrogen) atoms. The molecule has 2 fully saturated rings. The van der Waals surface area contributed by atoms with Crippen LogP contribution in [0.4, 0.5) is 14.7 Å². The number of morpholine rings is 1. The van der Waals surface area contributed by atoms with Crippen LogP contribution in [0, 0.1) is 0 Å². The van der Waals surface area contributed by atoms with Crippen molar-refractivity contribution in [1.82, 2.24) is 24.5 Å². The predicted octanol–water partition coefficient (Wildman–Crippen LogP) is 2.05. The summed E-state index contributed by atoms with van der Waals surface area (Å²) in [6.45, 7) is 2.19. The van der Waals surface area contributed by atoms with E-state index in [4.69, 9.17) is 25.9 Å². The highest BCUT2D eigenvalue weighted by molar-refractivity contribution is 5.84. The van der Waals surface area contributed by atoms with E-state index in [1.807, 2.05) is 4.90 Å². The van der Waals surface area contributed by atoms with Gasteiger partial charge in [0.15, 0.2) is 11.6 Å². The minimum atomic E-state index is -2.86. The highest BCUT2D eigenvalue weighted by atomic mass is 19.3. The van der Waals surface area contributed by atoms with Crippen molar-refractivity contribution in [2.45, 2.75) is 43.7 Å². The molecule has 12 heteroatoms. The number of nitrogens with zero attached hydrogens (tertiary/aromatic N) is 6. The molecule has 5 rings (SSSR count). The third-order valence-corrected chi connectivity index (χ3v) is 6.56. The zero-order chi connectivity index (χ0) is 23.9. The number of para-hydroxylation sites is 1. The van der Waals surface area contributed by atoms with Gasteiger partial charge in [-0.25, -0.2) is 13.8 Å². The van der Waals surface area contributed by atoms with Gasteiger partial charge in [-0.2, -0.15) is 15.0 Å². The Hall–Kier alpha value is -2.96. The fourth-order valence-electron chi connectivity index (χ4n) is 4.57. The molecule has 1 saturated heterocycles. The minimum absolute atomic E-state index is 0.0530. The van der Waals surface area contributed by atoms with E-state index in [-0.39, 0.29) is 12.0 Å². The van der Waals surface area contributed by atoms with Crippen LogP contribution in [0.25, 0.3) is 17.0 Å². The van der Waals surface area contributed by atoms with Gasteiger partial charge in [-0.3, -0.25) is 4.57 Å². The van der Waals surface area contributed by atoms with E-state index in [0.29, 0.717) is 67.7 Å². The second kappa shape index (κ2) is 9.01. The van der Waals surface area contributed by atoms with Crippen LogP contribution >= 0.6 is 0 Å². The number of alkyl halides is 2. The first-order valence-electron chi connectivity index (χ1n) is 11.4. The number of hydrogen-bond acceptors (Lipinski definition) is 9. The molecule has 10 nitrogen and oxygen atoms in total. The van der Waals surface area contributed by atoms with Crippen LogP contribution in [0.5, 0.6) is 5.75 Å². The molecule has 0 atom stereocenters. The van der Waals surface area contributed by atoms with E-state index in [2.05, 4.69) is 15.0 Å². The number of anilines is 1. The van der Waals surface area contributed by atoms with Crippen molar-refractivity contribution >= 4 is 17.0 Å². The topological polar surface area (TPSA) is 130 Å². The molecule has 1 aliphatic heterocycles. The van der Waals surface area contributed by atoms with Gasteiger partial charge in [0.1, 0.15) is 11.3 Å². The van der Waals surface area contributed by atoms with Crippen molar-refractivity contribution < 1.29 is 18.3 Å². The van der Waals surface area contributed by atoms with Gasteiger partial charge in [0, 0.05) is 19.1 Å². The number of nitrogens with two attached hydrogens (primary N) is 2. The molecule has 2 aromatic heterocycles. The maximum absolute atomic E-state index is 14.2. The lowest BCUT2D eigenvalue weighted by Crippen LogP contribution is -2.46. The third kappa shape index (κ3) is 4.05. The van der Waals surface area contributed by atoms with Crippen molar-refractivity contribution in [2.75, 3.05) is 38.3 Å². The quantitative estimate of drug-likeness (QED) is 0.570. The van der Waals surface area contributed by atoms with Crippen molar-refractivity contribution in [2.24, 2.45) is 11.5 Å². The second-order valence-corrected chi connectivity index (χ2v) is 8.79. The fraction of sp³-hybridized carbons (Fsp3) is 0.545. The summed E-state index contributed by atoms with van der Waals surface area (Å²) in [6.07, 6.45) is -0.194. The maximum atomic E-state index is 14.2. The summed E-state index contributed by atoms with van der Waals surface area (Å²) in [5.41, 5.74) is 12.8. The van der Waals surface area contributed by atoms with E-state index >= 15 is 0 Å². The summed E-state index contributed by atoms with van der Waals surface area (Å²) in [5, 5.41) is 0. The van der Waals surface area contributed by atoms with E-state index in [0.717, 1.165) is 12.8 Å². The Bertz CT molecular complexity index is 1170. The summed E-state index contributed by atoms with van der Waals surface area (Å²) in [5.74, 6) is 0.722. The standard InChI is InChI=1S/C22H28F2N8O2/c1-33-15-4-2-3-14-16(15)27-18(17(23)24)32(14)21-29-19(22(26)7-5-13(25)6-8-22)28-20(30-21)31-9-11-34-12-10-31/h2-4,13,17H,5-12,25-26H2,1H3. The van der Waals surface area contributed by atoms with Crippen LogP contribution < -0.4 is 21.1 Å². The smallest absolute Gasteiger partial charge is 0.296 e. The molecule has 1 saturated carbocycles. The highest BCUT2D eigenvalue weighted by Crippen LogP contribution is 2.35. The van der Waals surface area contributed by atoms with E-state index in [9.17, 15) is 8.78 Å². The molecule has 4 N–H and O–H groups in total. The fourth-order valence-corrected chi connectivity index (χ4v) is 4.57. The number of aromatic nitrogens is 5. The molecule has 0 unspecified atom stereocenters. The van der Waals surface area contributed by atoms with E-state index < -0.39 is 17.8 Å². The monoisotopic (exact) mass is 474 g/mol. The second-order valence-electron chi connectivity index (χ2n) is 8.79. The molecular formula is C22H28F2N8O2. The summed E-state index contributed by atoms with van der Waals surface area (Å²) >= 11 is 0. The summed E-state index contributed by atoms with van der Waals surface area (Å²) in [6, 6.07) is 5.15. The Labute approximate surface area is 195 Å². The van der Waals surface area contributed by atoms with Gasteiger partial charge in [0.05, 0.1) is 31.4 Å². The molecule has 3 aromatic rings. The molecule has 3 heterocycles. The molecule has 2 aliphatic rings. The Balaban J connectivity index is 1.71. The number of imidazole rings is 1. The first-order chi connectivity index (χ1) is 16.4. The maximum Gasteiger partial charge on any atom is 0.296 e. The Kier molecular flexibility index (Phi) is 6.04. The molecule has 0 spiro atoms. The van der Waals surface area contributed by atoms with Gasteiger partial charge in [-0.05, 0) is 37.8 Å². The van der Waals surface area contributed by atoms with Gasteiger partial charge < -0.3 is 25.8 Å². The summed E-state index contributed by atoms with van der Waals surface area (Å²) in [7, 11) is 1.47. The Morgan fingerprint density at radius 2 is 1.79 bits per heavy atom. The molecule has 1 aromatic carbocycles. The SMILES string of the molecule is COc1cccc2c1nc(C(F)F)n2-c1nc(N2CCOCC2)nc(C2(N)CCC(N)CC2)n1. The Morgan fingerprint density at radius 1 is 1.09 bits per heavy atom. The minimum Gasteiger partial charge on any atom is -0.494 e. The van der Waals surface area contributed by atoms with Crippen LogP contribution in [0.2, 0.25) is 0 Å². The predicted molar refractivity (Wildman–Crippen MR) is 121 cm³/mol. The van der Waals surface area contributed by atoms with Crippen molar-refractivity contribution in [3.05, 3.63) is 29.8 Å². The average molecular weight is 475 g/mol. The number of ether oxygens (including phenoxy) is 2. The summed E-state index contributed by atoms with van der Waals surface area (Å²) in [4.78, 5) is 20.1. The van der Waals surface area contributed by atoms with Crippen LogP contribution in [0.3, 0.4) is 0 Å². The van der Waals surface area contributed by atoms with Gasteiger partial charge in [0.2, 0.25) is 11.9 Å². The van der Waals surface area contributed by atoms with Crippen molar-refractivity contribution in [1.29, 1.82) is 0 Å².